The number of ether oxygens (including phenoxy) is 2. The number of aromatic nitrogens is 1. The standard InChI is InChI=1S/C19H21N5O7S2/c1-4-5-10-6-32-17-13(22-15(26)12(23-29)11-7-33-19(20)21-11)16(27)24(17)14(10)18(28)31-9(3)30-8(2)25/h4-5,7,9,13,17,29H,6H2,1-3H3,(H2,20,21)(H,22,26)/b5-4-,23-12-. The second kappa shape index (κ2) is 10.0. The number of hydrogen-bond acceptors (Lipinski definition) is 12. The van der Waals surface area contributed by atoms with Crippen LogP contribution in [0.3, 0.4) is 0 Å². The van der Waals surface area contributed by atoms with Crippen LogP contribution in [0, 0.1) is 0 Å². The number of nitrogens with one attached hydrogen (secondary N) is 1. The highest BCUT2D eigenvalue weighted by atomic mass is 32.2. The van der Waals surface area contributed by atoms with Gasteiger partial charge in [0.15, 0.2) is 10.8 Å². The van der Waals surface area contributed by atoms with Gasteiger partial charge in [0.2, 0.25) is 6.29 Å². The van der Waals surface area contributed by atoms with Crippen LogP contribution in [0.15, 0.2) is 34.0 Å². The van der Waals surface area contributed by atoms with Gasteiger partial charge < -0.3 is 25.7 Å². The van der Waals surface area contributed by atoms with Gasteiger partial charge in [0.05, 0.1) is 0 Å². The lowest BCUT2D eigenvalue weighted by Gasteiger charge is -2.49. The van der Waals surface area contributed by atoms with Crippen molar-refractivity contribution in [2.24, 2.45) is 5.16 Å². The van der Waals surface area contributed by atoms with E-state index in [0.717, 1.165) is 11.3 Å². The molecule has 2 aliphatic rings. The molecule has 0 bridgehead atoms. The number of hydrogen-bond donors (Lipinski definition) is 3. The molecule has 176 valence electrons. The van der Waals surface area contributed by atoms with Gasteiger partial charge in [0.25, 0.3) is 11.8 Å². The van der Waals surface area contributed by atoms with E-state index in [1.807, 2.05) is 0 Å². The quantitative estimate of drug-likeness (QED) is 0.121. The Kier molecular flexibility index (Phi) is 7.38. The fourth-order valence-corrected chi connectivity index (χ4v) is 5.11. The summed E-state index contributed by atoms with van der Waals surface area (Å²) in [6.07, 6.45) is 2.24. The minimum absolute atomic E-state index is 0.00896. The van der Waals surface area contributed by atoms with Crippen molar-refractivity contribution in [3.63, 3.8) is 0 Å². The lowest BCUT2D eigenvalue weighted by molar-refractivity contribution is -0.182. The Morgan fingerprint density at radius 1 is 1.42 bits per heavy atom. The van der Waals surface area contributed by atoms with E-state index < -0.39 is 47.2 Å². The van der Waals surface area contributed by atoms with Crippen LogP contribution in [0.4, 0.5) is 5.13 Å². The summed E-state index contributed by atoms with van der Waals surface area (Å²) in [6, 6.07) is -0.976. The normalized spacial score (nSPS) is 21.4. The van der Waals surface area contributed by atoms with Crippen LogP contribution in [-0.2, 0) is 28.7 Å². The number of carbonyl (C=O) groups excluding carboxylic acids is 4. The van der Waals surface area contributed by atoms with E-state index in [2.05, 4.69) is 15.5 Å². The van der Waals surface area contributed by atoms with Crippen LogP contribution >= 0.6 is 23.1 Å². The van der Waals surface area contributed by atoms with Crippen molar-refractivity contribution in [2.75, 3.05) is 11.5 Å². The van der Waals surface area contributed by atoms with Crippen LogP contribution < -0.4 is 11.1 Å². The van der Waals surface area contributed by atoms with Gasteiger partial charge in [-0.25, -0.2) is 9.78 Å². The molecule has 0 saturated carbocycles. The number of β-lactam (4-membered cyclic amide) rings is 1. The number of nitrogen functional groups attached to an aromatic ring is 1. The number of thiazole rings is 1. The first-order valence-corrected chi connectivity index (χ1v) is 11.5. The summed E-state index contributed by atoms with van der Waals surface area (Å²) in [5.74, 6) is -2.47. The Balaban J connectivity index is 1.78. The number of thioether (sulfide) groups is 1. The molecule has 1 aromatic rings. The number of allylic oxidation sites excluding steroid dienone is 2. The van der Waals surface area contributed by atoms with Gasteiger partial charge in [-0.05, 0) is 12.5 Å². The number of fused-ring (bicyclic) bond motifs is 1. The summed E-state index contributed by atoms with van der Waals surface area (Å²) in [6.45, 7) is 4.32. The van der Waals surface area contributed by atoms with Crippen LogP contribution in [0.25, 0.3) is 0 Å². The first-order chi connectivity index (χ1) is 15.7. The van der Waals surface area contributed by atoms with E-state index in [1.54, 1.807) is 19.1 Å². The zero-order valence-electron chi connectivity index (χ0n) is 17.8. The lowest BCUT2D eigenvalue weighted by Crippen LogP contribution is -2.71. The third kappa shape index (κ3) is 5.01. The van der Waals surface area contributed by atoms with Crippen molar-refractivity contribution < 1.29 is 33.9 Å². The number of amides is 2. The molecule has 1 aromatic heterocycles. The van der Waals surface area contributed by atoms with Gasteiger partial charge in [-0.2, -0.15) is 0 Å². The maximum absolute atomic E-state index is 12.9. The predicted octanol–water partition coefficient (Wildman–Crippen LogP) is 0.586. The molecular formula is C19H21N5O7S2. The van der Waals surface area contributed by atoms with Gasteiger partial charge in [-0.3, -0.25) is 19.3 Å². The molecule has 4 N–H and O–H groups in total. The second-order valence-corrected chi connectivity index (χ2v) is 8.83. The summed E-state index contributed by atoms with van der Waals surface area (Å²) < 4.78 is 10.0. The lowest BCUT2D eigenvalue weighted by atomic mass is 10.0. The molecule has 1 fully saturated rings. The van der Waals surface area contributed by atoms with Gasteiger partial charge in [0, 0.05) is 25.0 Å². The molecular weight excluding hydrogens is 474 g/mol. The molecule has 12 nitrogen and oxygen atoms in total. The van der Waals surface area contributed by atoms with Gasteiger partial charge in [0.1, 0.15) is 22.8 Å². The number of esters is 2. The number of rotatable bonds is 7. The number of anilines is 1. The van der Waals surface area contributed by atoms with Crippen LogP contribution in [0.5, 0.6) is 0 Å². The molecule has 3 unspecified atom stereocenters. The molecule has 0 spiro atoms. The fraction of sp³-hybridized carbons (Fsp3) is 0.368. The third-order valence-electron chi connectivity index (χ3n) is 4.53. The number of oxime groups is 1. The predicted molar refractivity (Wildman–Crippen MR) is 119 cm³/mol. The Morgan fingerprint density at radius 2 is 2.15 bits per heavy atom. The average molecular weight is 496 g/mol. The molecule has 0 aromatic carbocycles. The summed E-state index contributed by atoms with van der Waals surface area (Å²) in [4.78, 5) is 54.6. The molecule has 2 aliphatic heterocycles. The third-order valence-corrected chi connectivity index (χ3v) is 6.51. The van der Waals surface area contributed by atoms with Crippen molar-refractivity contribution in [2.45, 2.75) is 38.5 Å². The van der Waals surface area contributed by atoms with E-state index in [0.29, 0.717) is 11.3 Å². The summed E-state index contributed by atoms with van der Waals surface area (Å²) in [7, 11) is 0. The van der Waals surface area contributed by atoms with Crippen molar-refractivity contribution in [1.82, 2.24) is 15.2 Å². The molecule has 2 amide bonds. The topological polar surface area (TPSA) is 174 Å². The molecule has 33 heavy (non-hydrogen) atoms. The van der Waals surface area contributed by atoms with Gasteiger partial charge >= 0.3 is 11.9 Å². The first kappa shape index (κ1) is 24.3. The Labute approximate surface area is 196 Å². The summed E-state index contributed by atoms with van der Waals surface area (Å²) >= 11 is 2.40. The summed E-state index contributed by atoms with van der Waals surface area (Å²) in [5, 5.41) is 15.8. The van der Waals surface area contributed by atoms with Crippen LogP contribution in [0.2, 0.25) is 0 Å². The van der Waals surface area contributed by atoms with E-state index in [-0.39, 0.29) is 16.5 Å². The number of nitrogens with zero attached hydrogens (tertiary/aromatic N) is 3. The van der Waals surface area contributed by atoms with E-state index in [1.165, 1.54) is 35.9 Å². The van der Waals surface area contributed by atoms with Crippen LogP contribution in [-0.4, -0.2) is 68.0 Å². The Morgan fingerprint density at radius 3 is 2.73 bits per heavy atom. The summed E-state index contributed by atoms with van der Waals surface area (Å²) in [5.41, 5.74) is 5.78. The largest absolute Gasteiger partial charge is 0.426 e. The van der Waals surface area contributed by atoms with E-state index in [4.69, 9.17) is 15.2 Å². The molecule has 3 heterocycles. The smallest absolute Gasteiger partial charge is 0.358 e. The highest BCUT2D eigenvalue weighted by Crippen LogP contribution is 2.41. The molecule has 0 radical (unpaired) electrons. The minimum atomic E-state index is -1.15. The van der Waals surface area contributed by atoms with Crippen molar-refractivity contribution in [3.05, 3.63) is 34.5 Å². The average Bonchev–Trinajstić information content (AvgIpc) is 3.17. The minimum Gasteiger partial charge on any atom is -0.426 e. The number of nitrogens with two attached hydrogens (primary N) is 1. The number of carbonyl (C=O) groups is 4. The van der Waals surface area contributed by atoms with E-state index >= 15 is 0 Å². The highest BCUT2D eigenvalue weighted by molar-refractivity contribution is 8.00. The monoisotopic (exact) mass is 495 g/mol. The van der Waals surface area contributed by atoms with Crippen molar-refractivity contribution in [1.29, 1.82) is 0 Å². The molecule has 3 atom stereocenters. The Bertz CT molecular complexity index is 1080. The zero-order valence-corrected chi connectivity index (χ0v) is 19.4. The molecule has 14 heteroatoms. The van der Waals surface area contributed by atoms with E-state index in [9.17, 15) is 24.4 Å². The maximum Gasteiger partial charge on any atom is 0.358 e. The van der Waals surface area contributed by atoms with Gasteiger partial charge in [-0.15, -0.1) is 23.1 Å². The van der Waals surface area contributed by atoms with Gasteiger partial charge in [-0.1, -0.05) is 17.3 Å². The molecule has 3 rings (SSSR count). The molecule has 1 saturated heterocycles. The Hall–Kier alpha value is -3.39. The molecule has 0 aliphatic carbocycles. The SMILES string of the molecule is C/C=C\C1=C(C(=O)OC(C)OC(C)=O)N2C(=O)C(NC(=O)/C(=N\O)c3csc(N)n3)C2SC1. The fourth-order valence-electron chi connectivity index (χ4n) is 3.24. The second-order valence-electron chi connectivity index (χ2n) is 6.84. The van der Waals surface area contributed by atoms with Crippen molar-refractivity contribution >= 4 is 57.7 Å². The zero-order chi connectivity index (χ0) is 24.3. The first-order valence-electron chi connectivity index (χ1n) is 9.60. The maximum atomic E-state index is 12.9. The van der Waals surface area contributed by atoms with Crippen LogP contribution in [0.1, 0.15) is 26.5 Å². The highest BCUT2D eigenvalue weighted by Gasteiger charge is 2.54. The van der Waals surface area contributed by atoms with Crippen molar-refractivity contribution in [3.8, 4) is 0 Å².